The summed E-state index contributed by atoms with van der Waals surface area (Å²) in [5.74, 6) is 1.03. The number of hydrogen-bond donors (Lipinski definition) is 1. The minimum atomic E-state index is -0.196. The lowest BCUT2D eigenvalue weighted by Crippen LogP contribution is -2.21. The molecule has 2 aromatic heterocycles. The van der Waals surface area contributed by atoms with Crippen LogP contribution in [0, 0.1) is 13.8 Å². The van der Waals surface area contributed by atoms with E-state index in [-0.39, 0.29) is 5.91 Å². The van der Waals surface area contributed by atoms with Gasteiger partial charge in [0.25, 0.3) is 5.91 Å². The molecule has 0 radical (unpaired) electrons. The van der Waals surface area contributed by atoms with Crippen LogP contribution in [0.2, 0.25) is 0 Å². The number of nitrogens with zero attached hydrogens (tertiary/aromatic N) is 3. The van der Waals surface area contributed by atoms with E-state index in [9.17, 15) is 4.79 Å². The molecule has 1 N–H and O–H groups in total. The fraction of sp³-hybridized carbons (Fsp3) is 0.176. The van der Waals surface area contributed by atoms with Gasteiger partial charge in [0, 0.05) is 18.8 Å². The fourth-order valence-corrected chi connectivity index (χ4v) is 2.48. The molecule has 0 saturated carbocycles. The van der Waals surface area contributed by atoms with Crippen LogP contribution in [0.5, 0.6) is 11.6 Å². The van der Waals surface area contributed by atoms with Gasteiger partial charge >= 0.3 is 0 Å². The molecule has 0 aliphatic heterocycles. The van der Waals surface area contributed by atoms with Gasteiger partial charge in [0.2, 0.25) is 5.88 Å². The van der Waals surface area contributed by atoms with Gasteiger partial charge in [-0.3, -0.25) is 4.79 Å². The molecule has 2 heterocycles. The second kappa shape index (κ2) is 7.18. The number of pyridine rings is 1. The van der Waals surface area contributed by atoms with Crippen LogP contribution in [0.1, 0.15) is 26.4 Å². The van der Waals surface area contributed by atoms with Crippen molar-refractivity contribution in [2.75, 3.05) is 0 Å². The summed E-state index contributed by atoms with van der Waals surface area (Å²) in [6, 6.07) is 9.54. The Balaban J connectivity index is 1.65. The number of hydrogen-bond acceptors (Lipinski definition) is 6. The molecule has 1 aromatic carbocycles. The van der Waals surface area contributed by atoms with E-state index < -0.39 is 0 Å². The topological polar surface area (TPSA) is 77.0 Å². The lowest BCUT2D eigenvalue weighted by Gasteiger charge is -2.09. The van der Waals surface area contributed by atoms with Gasteiger partial charge in [0.1, 0.15) is 10.6 Å². The quantitative estimate of drug-likeness (QED) is 0.771. The van der Waals surface area contributed by atoms with E-state index in [2.05, 4.69) is 26.8 Å². The lowest BCUT2D eigenvalue weighted by atomic mass is 10.1. The normalized spacial score (nSPS) is 10.4. The second-order valence-corrected chi connectivity index (χ2v) is 6.10. The third-order valence-corrected chi connectivity index (χ3v) is 4.20. The number of nitrogens with one attached hydrogen (secondary N) is 1. The minimum absolute atomic E-state index is 0.196. The first-order valence-electron chi connectivity index (χ1n) is 7.37. The van der Waals surface area contributed by atoms with Crippen molar-refractivity contribution in [2.45, 2.75) is 20.4 Å². The zero-order chi connectivity index (χ0) is 16.9. The monoisotopic (exact) mass is 340 g/mol. The van der Waals surface area contributed by atoms with Gasteiger partial charge in [-0.15, -0.1) is 5.10 Å². The van der Waals surface area contributed by atoms with E-state index in [0.29, 0.717) is 17.3 Å². The Morgan fingerprint density at radius 3 is 2.83 bits per heavy atom. The third-order valence-electron chi connectivity index (χ3n) is 3.54. The maximum atomic E-state index is 11.9. The maximum absolute atomic E-state index is 11.9. The molecule has 6 nitrogen and oxygen atoms in total. The Morgan fingerprint density at radius 2 is 2.08 bits per heavy atom. The first-order chi connectivity index (χ1) is 11.6. The zero-order valence-corrected chi connectivity index (χ0v) is 14.1. The van der Waals surface area contributed by atoms with E-state index in [1.165, 1.54) is 11.8 Å². The average molecular weight is 340 g/mol. The number of rotatable bonds is 5. The van der Waals surface area contributed by atoms with E-state index in [0.717, 1.165) is 28.4 Å². The molecule has 1 amide bonds. The standard InChI is InChI=1S/C17H16N4O2S/c1-11-3-4-14(7-12(11)2)23-16-8-13(5-6-18-16)9-19-17(22)15-10-20-21-24-15/h3-8,10H,9H2,1-2H3,(H,19,22). The van der Waals surface area contributed by atoms with Gasteiger partial charge in [0.05, 0.1) is 6.20 Å². The van der Waals surface area contributed by atoms with Gasteiger partial charge in [-0.05, 0) is 60.3 Å². The van der Waals surface area contributed by atoms with Crippen molar-refractivity contribution in [3.63, 3.8) is 0 Å². The summed E-state index contributed by atoms with van der Waals surface area (Å²) in [6.07, 6.45) is 3.10. The second-order valence-electron chi connectivity index (χ2n) is 5.31. The molecule has 0 saturated heterocycles. The highest BCUT2D eigenvalue weighted by Crippen LogP contribution is 2.22. The molecule has 3 rings (SSSR count). The number of carbonyl (C=O) groups is 1. The smallest absolute Gasteiger partial charge is 0.264 e. The molecule has 3 aromatic rings. The van der Waals surface area contributed by atoms with E-state index in [1.54, 1.807) is 12.3 Å². The Kier molecular flexibility index (Phi) is 4.81. The van der Waals surface area contributed by atoms with Crippen LogP contribution in [0.15, 0.2) is 42.7 Å². The summed E-state index contributed by atoms with van der Waals surface area (Å²) >= 11 is 1.06. The highest BCUT2D eigenvalue weighted by atomic mass is 32.1. The predicted octanol–water partition coefficient (Wildman–Crippen LogP) is 3.27. The number of aryl methyl sites for hydroxylation is 2. The molecular formula is C17H16N4O2S. The predicted molar refractivity (Wildman–Crippen MR) is 91.3 cm³/mol. The first-order valence-corrected chi connectivity index (χ1v) is 8.15. The zero-order valence-electron chi connectivity index (χ0n) is 13.3. The molecule has 0 spiro atoms. The number of benzene rings is 1. The molecule has 7 heteroatoms. The summed E-state index contributed by atoms with van der Waals surface area (Å²) in [5, 5.41) is 6.47. The van der Waals surface area contributed by atoms with E-state index in [4.69, 9.17) is 4.74 Å². The van der Waals surface area contributed by atoms with Crippen molar-refractivity contribution in [1.29, 1.82) is 0 Å². The number of carbonyl (C=O) groups excluding carboxylic acids is 1. The first kappa shape index (κ1) is 16.1. The van der Waals surface area contributed by atoms with Crippen molar-refractivity contribution in [3.8, 4) is 11.6 Å². The Bertz CT molecular complexity index is 850. The van der Waals surface area contributed by atoms with Crippen LogP contribution in [0.3, 0.4) is 0 Å². The summed E-state index contributed by atoms with van der Waals surface area (Å²) in [7, 11) is 0. The summed E-state index contributed by atoms with van der Waals surface area (Å²) < 4.78 is 9.47. The highest BCUT2D eigenvalue weighted by Gasteiger charge is 2.08. The van der Waals surface area contributed by atoms with Crippen molar-refractivity contribution < 1.29 is 9.53 Å². The lowest BCUT2D eigenvalue weighted by molar-refractivity contribution is 0.0954. The van der Waals surface area contributed by atoms with Crippen LogP contribution in [0.25, 0.3) is 0 Å². The fourth-order valence-electron chi connectivity index (χ4n) is 2.05. The van der Waals surface area contributed by atoms with Crippen LogP contribution in [-0.4, -0.2) is 20.5 Å². The van der Waals surface area contributed by atoms with Crippen LogP contribution in [0.4, 0.5) is 0 Å². The molecular weight excluding hydrogens is 324 g/mol. The van der Waals surface area contributed by atoms with Crippen molar-refractivity contribution in [2.24, 2.45) is 0 Å². The van der Waals surface area contributed by atoms with E-state index in [1.807, 2.05) is 31.2 Å². The summed E-state index contributed by atoms with van der Waals surface area (Å²) in [5.41, 5.74) is 3.27. The molecule has 0 aliphatic rings. The largest absolute Gasteiger partial charge is 0.439 e. The van der Waals surface area contributed by atoms with Gasteiger partial charge in [-0.25, -0.2) is 4.98 Å². The van der Waals surface area contributed by atoms with E-state index >= 15 is 0 Å². The third kappa shape index (κ3) is 3.94. The maximum Gasteiger partial charge on any atom is 0.264 e. The minimum Gasteiger partial charge on any atom is -0.439 e. The molecule has 122 valence electrons. The van der Waals surface area contributed by atoms with Gasteiger partial charge in [0.15, 0.2) is 0 Å². The molecule has 24 heavy (non-hydrogen) atoms. The highest BCUT2D eigenvalue weighted by molar-refractivity contribution is 7.07. The van der Waals surface area contributed by atoms with Crippen LogP contribution >= 0.6 is 11.5 Å². The average Bonchev–Trinajstić information content (AvgIpc) is 3.11. The Hall–Kier alpha value is -2.80. The number of aromatic nitrogens is 3. The molecule has 0 bridgehead atoms. The van der Waals surface area contributed by atoms with Gasteiger partial charge in [-0.1, -0.05) is 10.6 Å². The van der Waals surface area contributed by atoms with Crippen molar-refractivity contribution >= 4 is 17.4 Å². The Morgan fingerprint density at radius 1 is 1.21 bits per heavy atom. The van der Waals surface area contributed by atoms with Gasteiger partial charge < -0.3 is 10.1 Å². The van der Waals surface area contributed by atoms with Crippen LogP contribution in [-0.2, 0) is 6.54 Å². The van der Waals surface area contributed by atoms with Crippen LogP contribution < -0.4 is 10.1 Å². The summed E-state index contributed by atoms with van der Waals surface area (Å²) in [4.78, 5) is 16.6. The van der Waals surface area contributed by atoms with Gasteiger partial charge in [-0.2, -0.15) is 0 Å². The number of amides is 1. The Labute approximate surface area is 143 Å². The molecule has 0 unspecified atom stereocenters. The van der Waals surface area contributed by atoms with Crippen molar-refractivity contribution in [1.82, 2.24) is 19.9 Å². The summed E-state index contributed by atoms with van der Waals surface area (Å²) in [6.45, 7) is 4.47. The molecule has 0 fully saturated rings. The van der Waals surface area contributed by atoms with Crippen molar-refractivity contribution in [3.05, 3.63) is 64.3 Å². The molecule has 0 atom stereocenters. The molecule has 0 aliphatic carbocycles. The SMILES string of the molecule is Cc1ccc(Oc2cc(CNC(=O)c3cnns3)ccn2)cc1C. The number of ether oxygens (including phenoxy) is 1.